The zero-order valence-corrected chi connectivity index (χ0v) is 13.8. The van der Waals surface area contributed by atoms with Crippen molar-refractivity contribution in [3.63, 3.8) is 0 Å². The number of anilines is 2. The normalized spacial score (nSPS) is 10.1. The number of amides is 2. The summed E-state index contributed by atoms with van der Waals surface area (Å²) in [6.07, 6.45) is 3.06. The zero-order chi connectivity index (χ0) is 17.6. The summed E-state index contributed by atoms with van der Waals surface area (Å²) in [6.45, 7) is 0. The van der Waals surface area contributed by atoms with E-state index in [4.69, 9.17) is 11.6 Å². The average molecular weight is 352 g/mol. The minimum absolute atomic E-state index is 0.290. The van der Waals surface area contributed by atoms with Gasteiger partial charge in [-0.25, -0.2) is 0 Å². The third-order valence-electron chi connectivity index (χ3n) is 3.45. The first-order valence-electron chi connectivity index (χ1n) is 7.51. The lowest BCUT2D eigenvalue weighted by Gasteiger charge is -2.10. The average Bonchev–Trinajstić information content (AvgIpc) is 2.65. The van der Waals surface area contributed by atoms with Crippen molar-refractivity contribution in [2.75, 3.05) is 10.6 Å². The fourth-order valence-corrected chi connectivity index (χ4v) is 2.35. The van der Waals surface area contributed by atoms with Crippen LogP contribution in [0.1, 0.15) is 20.7 Å². The fourth-order valence-electron chi connectivity index (χ4n) is 2.18. The highest BCUT2D eigenvalue weighted by molar-refractivity contribution is 6.34. The molecule has 2 aromatic carbocycles. The molecule has 1 aromatic heterocycles. The topological polar surface area (TPSA) is 71.1 Å². The molecule has 124 valence electrons. The number of rotatable bonds is 4. The van der Waals surface area contributed by atoms with E-state index in [1.807, 2.05) is 18.2 Å². The number of carbonyl (C=O) groups excluding carboxylic acids is 2. The highest BCUT2D eigenvalue weighted by Gasteiger charge is 2.12. The molecule has 0 saturated carbocycles. The van der Waals surface area contributed by atoms with Crippen LogP contribution in [-0.4, -0.2) is 16.8 Å². The van der Waals surface area contributed by atoms with Crippen molar-refractivity contribution >= 4 is 34.8 Å². The van der Waals surface area contributed by atoms with Crippen LogP contribution in [0.5, 0.6) is 0 Å². The van der Waals surface area contributed by atoms with E-state index in [1.165, 1.54) is 12.4 Å². The maximum Gasteiger partial charge on any atom is 0.255 e. The first kappa shape index (κ1) is 16.7. The van der Waals surface area contributed by atoms with E-state index in [1.54, 1.807) is 42.5 Å². The van der Waals surface area contributed by atoms with Crippen molar-refractivity contribution in [2.45, 2.75) is 0 Å². The molecule has 0 aliphatic rings. The van der Waals surface area contributed by atoms with Gasteiger partial charge in [-0.1, -0.05) is 29.8 Å². The molecule has 25 heavy (non-hydrogen) atoms. The van der Waals surface area contributed by atoms with Crippen LogP contribution in [0.15, 0.2) is 73.1 Å². The number of aromatic nitrogens is 1. The first-order valence-corrected chi connectivity index (χ1v) is 7.88. The predicted molar refractivity (Wildman–Crippen MR) is 98.0 cm³/mol. The second-order valence-corrected chi connectivity index (χ2v) is 5.61. The van der Waals surface area contributed by atoms with Crippen LogP contribution in [-0.2, 0) is 0 Å². The van der Waals surface area contributed by atoms with Crippen molar-refractivity contribution in [3.05, 3.63) is 89.2 Å². The van der Waals surface area contributed by atoms with Crippen LogP contribution in [0, 0.1) is 0 Å². The Morgan fingerprint density at radius 1 is 0.800 bits per heavy atom. The Kier molecular flexibility index (Phi) is 5.06. The van der Waals surface area contributed by atoms with Gasteiger partial charge in [-0.05, 0) is 42.5 Å². The number of nitrogens with one attached hydrogen (secondary N) is 2. The summed E-state index contributed by atoms with van der Waals surface area (Å²) in [5.74, 6) is -0.618. The van der Waals surface area contributed by atoms with Crippen LogP contribution in [0.4, 0.5) is 11.4 Å². The standard InChI is InChI=1S/C19H14ClN3O2/c20-16-7-6-14(19(25)22-15-4-2-1-3-5-15)12-17(16)23-18(24)13-8-10-21-11-9-13/h1-12H,(H,22,25)(H,23,24). The molecule has 2 N–H and O–H groups in total. The van der Waals surface area contributed by atoms with E-state index >= 15 is 0 Å². The number of carbonyl (C=O) groups is 2. The second-order valence-electron chi connectivity index (χ2n) is 5.20. The van der Waals surface area contributed by atoms with Crippen LogP contribution < -0.4 is 10.6 Å². The summed E-state index contributed by atoms with van der Waals surface area (Å²) in [7, 11) is 0. The minimum atomic E-state index is -0.329. The highest BCUT2D eigenvalue weighted by atomic mass is 35.5. The molecule has 0 bridgehead atoms. The fraction of sp³-hybridized carbons (Fsp3) is 0. The molecule has 0 aliphatic carbocycles. The zero-order valence-electron chi connectivity index (χ0n) is 13.1. The van der Waals surface area contributed by atoms with Gasteiger partial charge in [-0.15, -0.1) is 0 Å². The number of benzene rings is 2. The van der Waals surface area contributed by atoms with Crippen molar-refractivity contribution in [1.29, 1.82) is 0 Å². The van der Waals surface area contributed by atoms with Gasteiger partial charge in [0.25, 0.3) is 11.8 Å². The van der Waals surface area contributed by atoms with Gasteiger partial charge in [0.1, 0.15) is 0 Å². The van der Waals surface area contributed by atoms with E-state index in [0.717, 1.165) is 0 Å². The van der Waals surface area contributed by atoms with E-state index in [0.29, 0.717) is 27.5 Å². The van der Waals surface area contributed by atoms with Crippen LogP contribution >= 0.6 is 11.6 Å². The van der Waals surface area contributed by atoms with Gasteiger partial charge in [0.15, 0.2) is 0 Å². The SMILES string of the molecule is O=C(Nc1ccccc1)c1ccc(Cl)c(NC(=O)c2ccncc2)c1. The number of halogens is 1. The Bertz CT molecular complexity index is 899. The quantitative estimate of drug-likeness (QED) is 0.738. The molecule has 0 unspecified atom stereocenters. The number of para-hydroxylation sites is 1. The lowest BCUT2D eigenvalue weighted by molar-refractivity contribution is 0.101. The Morgan fingerprint density at radius 3 is 2.20 bits per heavy atom. The van der Waals surface area contributed by atoms with Crippen LogP contribution in [0.25, 0.3) is 0 Å². The molecule has 5 nitrogen and oxygen atoms in total. The second kappa shape index (κ2) is 7.59. The highest BCUT2D eigenvalue weighted by Crippen LogP contribution is 2.24. The number of nitrogens with zero attached hydrogens (tertiary/aromatic N) is 1. The van der Waals surface area contributed by atoms with Crippen LogP contribution in [0.2, 0.25) is 5.02 Å². The van der Waals surface area contributed by atoms with Gasteiger partial charge in [0, 0.05) is 29.2 Å². The van der Waals surface area contributed by atoms with E-state index in [2.05, 4.69) is 15.6 Å². The third kappa shape index (κ3) is 4.22. The summed E-state index contributed by atoms with van der Waals surface area (Å²) >= 11 is 6.13. The summed E-state index contributed by atoms with van der Waals surface area (Å²) in [5.41, 5.74) is 1.89. The van der Waals surface area contributed by atoms with Crippen molar-refractivity contribution in [3.8, 4) is 0 Å². The summed E-state index contributed by atoms with van der Waals surface area (Å²) in [4.78, 5) is 28.5. The summed E-state index contributed by atoms with van der Waals surface area (Å²) in [5, 5.41) is 5.84. The maximum absolute atomic E-state index is 12.4. The Hall–Kier alpha value is -3.18. The van der Waals surface area contributed by atoms with Gasteiger partial charge < -0.3 is 10.6 Å². The minimum Gasteiger partial charge on any atom is -0.322 e. The molecule has 3 aromatic rings. The molecule has 0 saturated heterocycles. The lowest BCUT2D eigenvalue weighted by Crippen LogP contribution is -2.15. The maximum atomic E-state index is 12.4. The molecular weight excluding hydrogens is 338 g/mol. The largest absolute Gasteiger partial charge is 0.322 e. The molecule has 0 radical (unpaired) electrons. The Balaban J connectivity index is 1.78. The van der Waals surface area contributed by atoms with E-state index in [-0.39, 0.29) is 11.8 Å². The summed E-state index contributed by atoms with van der Waals surface area (Å²) < 4.78 is 0. The number of hydrogen-bond acceptors (Lipinski definition) is 3. The number of hydrogen-bond donors (Lipinski definition) is 2. The smallest absolute Gasteiger partial charge is 0.255 e. The molecule has 0 atom stereocenters. The van der Waals surface area contributed by atoms with Crippen molar-refractivity contribution in [1.82, 2.24) is 4.98 Å². The Labute approximate surface area is 149 Å². The van der Waals surface area contributed by atoms with Gasteiger partial charge in [-0.3, -0.25) is 14.6 Å². The molecular formula is C19H14ClN3O2. The first-order chi connectivity index (χ1) is 12.1. The van der Waals surface area contributed by atoms with E-state index in [9.17, 15) is 9.59 Å². The Morgan fingerprint density at radius 2 is 1.48 bits per heavy atom. The lowest BCUT2D eigenvalue weighted by atomic mass is 10.1. The van der Waals surface area contributed by atoms with Crippen molar-refractivity contribution in [2.24, 2.45) is 0 Å². The van der Waals surface area contributed by atoms with Gasteiger partial charge in [0.2, 0.25) is 0 Å². The van der Waals surface area contributed by atoms with Gasteiger partial charge in [0.05, 0.1) is 10.7 Å². The molecule has 0 fully saturated rings. The monoisotopic (exact) mass is 351 g/mol. The molecule has 0 spiro atoms. The van der Waals surface area contributed by atoms with Gasteiger partial charge >= 0.3 is 0 Å². The summed E-state index contributed by atoms with van der Waals surface area (Å²) in [6, 6.07) is 17.0. The number of pyridine rings is 1. The molecule has 2 amide bonds. The predicted octanol–water partition coefficient (Wildman–Crippen LogP) is 4.24. The van der Waals surface area contributed by atoms with Crippen molar-refractivity contribution < 1.29 is 9.59 Å². The van der Waals surface area contributed by atoms with E-state index < -0.39 is 0 Å². The van der Waals surface area contributed by atoms with Gasteiger partial charge in [-0.2, -0.15) is 0 Å². The molecule has 1 heterocycles. The third-order valence-corrected chi connectivity index (χ3v) is 3.78. The molecule has 3 rings (SSSR count). The molecule has 6 heteroatoms. The molecule has 0 aliphatic heterocycles. The van der Waals surface area contributed by atoms with Crippen LogP contribution in [0.3, 0.4) is 0 Å².